The van der Waals surface area contributed by atoms with Crippen LogP contribution >= 0.6 is 7.92 Å². The van der Waals surface area contributed by atoms with Gasteiger partial charge in [-0.1, -0.05) is 85.6 Å². The third-order valence-corrected chi connectivity index (χ3v) is 4.89. The molecule has 0 N–H and O–H groups in total. The van der Waals surface area contributed by atoms with E-state index in [-0.39, 0.29) is 0 Å². The van der Waals surface area contributed by atoms with Crippen molar-refractivity contribution in [2.24, 2.45) is 0 Å². The quantitative estimate of drug-likeness (QED) is 0.440. The second kappa shape index (κ2) is 7.78. The van der Waals surface area contributed by atoms with Crippen LogP contribution in [0.4, 0.5) is 0 Å². The molecule has 0 heterocycles. The van der Waals surface area contributed by atoms with Crippen LogP contribution in [0.15, 0.2) is 60.7 Å². The van der Waals surface area contributed by atoms with E-state index in [1.54, 1.807) is 0 Å². The van der Waals surface area contributed by atoms with Gasteiger partial charge in [0.05, 0.1) is 0 Å². The van der Waals surface area contributed by atoms with Crippen molar-refractivity contribution < 1.29 is 0 Å². The smallest absolute Gasteiger partial charge is 0.0344 e. The molecule has 0 unspecified atom stereocenters. The van der Waals surface area contributed by atoms with Gasteiger partial charge in [0.1, 0.15) is 0 Å². The molecule has 2 aromatic carbocycles. The lowest BCUT2D eigenvalue weighted by Crippen LogP contribution is -2.09. The van der Waals surface area contributed by atoms with Crippen LogP contribution in [0.3, 0.4) is 0 Å². The van der Waals surface area contributed by atoms with Crippen molar-refractivity contribution in [3.8, 4) is 11.6 Å². The molecule has 2 aromatic rings. The first-order chi connectivity index (χ1) is 9.42. The van der Waals surface area contributed by atoms with Gasteiger partial charge in [-0.3, -0.25) is 0 Å². The molecule has 0 spiro atoms. The van der Waals surface area contributed by atoms with Gasteiger partial charge in [-0.2, -0.15) is 0 Å². The first kappa shape index (κ1) is 13.9. The molecular formula is C18H19P. The molecule has 0 aliphatic carbocycles. The summed E-state index contributed by atoms with van der Waals surface area (Å²) in [6.07, 6.45) is 3.41. The Bertz CT molecular complexity index is 495. The lowest BCUT2D eigenvalue weighted by Gasteiger charge is -2.11. The largest absolute Gasteiger partial charge is 0.0980 e. The van der Waals surface area contributed by atoms with Crippen LogP contribution in [0.1, 0.15) is 26.2 Å². The van der Waals surface area contributed by atoms with Gasteiger partial charge < -0.3 is 0 Å². The van der Waals surface area contributed by atoms with Crippen molar-refractivity contribution in [2.45, 2.75) is 26.2 Å². The zero-order valence-corrected chi connectivity index (χ0v) is 12.2. The molecule has 2 rings (SSSR count). The average Bonchev–Trinajstić information content (AvgIpc) is 2.49. The van der Waals surface area contributed by atoms with Crippen LogP contribution in [0, 0.1) is 11.6 Å². The fourth-order valence-electron chi connectivity index (χ4n) is 1.83. The Kier molecular flexibility index (Phi) is 5.67. The average molecular weight is 266 g/mol. The van der Waals surface area contributed by atoms with Crippen molar-refractivity contribution in [1.29, 1.82) is 0 Å². The van der Waals surface area contributed by atoms with Gasteiger partial charge in [0.25, 0.3) is 0 Å². The molecule has 0 aliphatic heterocycles. The molecule has 0 aliphatic rings. The Morgan fingerprint density at radius 3 is 1.84 bits per heavy atom. The van der Waals surface area contributed by atoms with Gasteiger partial charge in [0.2, 0.25) is 0 Å². The van der Waals surface area contributed by atoms with Crippen molar-refractivity contribution >= 4 is 18.5 Å². The fraction of sp³-hybridized carbons (Fsp3) is 0.222. The maximum absolute atomic E-state index is 3.50. The van der Waals surface area contributed by atoms with Crippen molar-refractivity contribution in [3.05, 3.63) is 60.7 Å². The van der Waals surface area contributed by atoms with Gasteiger partial charge >= 0.3 is 0 Å². The SMILES string of the molecule is CCCCC#CP(c1ccccc1)c1ccccc1. The van der Waals surface area contributed by atoms with Gasteiger partial charge in [-0.25, -0.2) is 0 Å². The van der Waals surface area contributed by atoms with E-state index in [9.17, 15) is 0 Å². The van der Waals surface area contributed by atoms with Crippen LogP contribution in [0.5, 0.6) is 0 Å². The van der Waals surface area contributed by atoms with E-state index in [0.717, 1.165) is 6.42 Å². The molecule has 0 nitrogen and oxygen atoms in total. The summed E-state index contributed by atoms with van der Waals surface area (Å²) in [5, 5.41) is 2.68. The Morgan fingerprint density at radius 1 is 0.842 bits per heavy atom. The molecule has 0 atom stereocenters. The Hall–Kier alpha value is -1.57. The van der Waals surface area contributed by atoms with Crippen molar-refractivity contribution in [2.75, 3.05) is 0 Å². The lowest BCUT2D eigenvalue weighted by atomic mass is 10.3. The molecule has 0 bridgehead atoms. The van der Waals surface area contributed by atoms with E-state index >= 15 is 0 Å². The third-order valence-electron chi connectivity index (χ3n) is 2.87. The van der Waals surface area contributed by atoms with E-state index < -0.39 is 7.92 Å². The highest BCUT2D eigenvalue weighted by Crippen LogP contribution is 2.31. The molecule has 96 valence electrons. The summed E-state index contributed by atoms with van der Waals surface area (Å²) in [6, 6.07) is 21.3. The van der Waals surface area contributed by atoms with Crippen LogP contribution in [0.2, 0.25) is 0 Å². The van der Waals surface area contributed by atoms with Crippen molar-refractivity contribution in [1.82, 2.24) is 0 Å². The maximum atomic E-state index is 3.50. The van der Waals surface area contributed by atoms with Crippen LogP contribution in [-0.2, 0) is 0 Å². The van der Waals surface area contributed by atoms with E-state index in [1.807, 2.05) is 0 Å². The lowest BCUT2D eigenvalue weighted by molar-refractivity contribution is 0.828. The Balaban J connectivity index is 2.26. The summed E-state index contributed by atoms with van der Waals surface area (Å²) < 4.78 is 0. The molecule has 0 saturated heterocycles. The summed E-state index contributed by atoms with van der Waals surface area (Å²) in [6.45, 7) is 2.21. The summed E-state index contributed by atoms with van der Waals surface area (Å²) >= 11 is 0. The summed E-state index contributed by atoms with van der Waals surface area (Å²) in [5.74, 6) is 3.36. The van der Waals surface area contributed by atoms with E-state index in [2.05, 4.69) is 79.2 Å². The predicted octanol–water partition coefficient (Wildman–Crippen LogP) is 4.27. The van der Waals surface area contributed by atoms with E-state index in [0.29, 0.717) is 0 Å². The fourth-order valence-corrected chi connectivity index (χ4v) is 3.60. The molecule has 0 aromatic heterocycles. The number of hydrogen-bond acceptors (Lipinski definition) is 0. The van der Waals surface area contributed by atoms with Crippen LogP contribution < -0.4 is 10.6 Å². The predicted molar refractivity (Wildman–Crippen MR) is 86.4 cm³/mol. The topological polar surface area (TPSA) is 0 Å². The molecule has 19 heavy (non-hydrogen) atoms. The zero-order valence-electron chi connectivity index (χ0n) is 11.3. The molecule has 1 heteroatoms. The zero-order chi connectivity index (χ0) is 13.3. The van der Waals surface area contributed by atoms with E-state index in [1.165, 1.54) is 23.5 Å². The second-order valence-electron chi connectivity index (χ2n) is 4.40. The van der Waals surface area contributed by atoms with Gasteiger partial charge in [-0.05, 0) is 17.0 Å². The van der Waals surface area contributed by atoms with Gasteiger partial charge in [0, 0.05) is 14.3 Å². The number of benzene rings is 2. The van der Waals surface area contributed by atoms with Crippen LogP contribution in [-0.4, -0.2) is 0 Å². The minimum atomic E-state index is -0.529. The highest BCUT2D eigenvalue weighted by molar-refractivity contribution is 7.77. The highest BCUT2D eigenvalue weighted by atomic mass is 31.1. The molecule has 0 radical (unpaired) electrons. The minimum Gasteiger partial charge on any atom is -0.0980 e. The second-order valence-corrected chi connectivity index (χ2v) is 6.33. The first-order valence-electron chi connectivity index (χ1n) is 6.80. The maximum Gasteiger partial charge on any atom is 0.0344 e. The van der Waals surface area contributed by atoms with Crippen LogP contribution in [0.25, 0.3) is 0 Å². The summed E-state index contributed by atoms with van der Waals surface area (Å²) in [7, 11) is -0.529. The number of hydrogen-bond donors (Lipinski definition) is 0. The van der Waals surface area contributed by atoms with Gasteiger partial charge in [-0.15, -0.1) is 0 Å². The van der Waals surface area contributed by atoms with Gasteiger partial charge in [0.15, 0.2) is 0 Å². The first-order valence-corrected chi connectivity index (χ1v) is 8.14. The highest BCUT2D eigenvalue weighted by Gasteiger charge is 2.09. The molecule has 0 fully saturated rings. The summed E-state index contributed by atoms with van der Waals surface area (Å²) in [5.41, 5.74) is 3.50. The Labute approximate surface area is 117 Å². The summed E-state index contributed by atoms with van der Waals surface area (Å²) in [4.78, 5) is 0. The number of unbranched alkanes of at least 4 members (excludes halogenated alkanes) is 2. The molecule has 0 saturated carbocycles. The number of rotatable bonds is 4. The molecular weight excluding hydrogens is 247 g/mol. The minimum absolute atomic E-state index is 0.529. The monoisotopic (exact) mass is 266 g/mol. The van der Waals surface area contributed by atoms with Crippen molar-refractivity contribution in [3.63, 3.8) is 0 Å². The molecule has 0 amide bonds. The standard InChI is InChI=1S/C18H19P/c1-2-3-4-11-16-19(17-12-7-5-8-13-17)18-14-9-6-10-15-18/h5-10,12-15H,2-4H2,1H3. The third kappa shape index (κ3) is 4.23. The normalized spacial score (nSPS) is 10.0. The Morgan fingerprint density at radius 2 is 1.37 bits per heavy atom. The van der Waals surface area contributed by atoms with E-state index in [4.69, 9.17) is 0 Å².